The fraction of sp³-hybridized carbons (Fsp3) is 0.647. The molecule has 0 radical (unpaired) electrons. The standard InChI is InChI=1S/C17H27NO3/c1-13-3-4-14(2)17(9-13)21-12-16(19)10-18-7-8-20-11-15-5-6-15/h3-4,9,15-16,18-19H,5-8,10-12H2,1-2H3. The average Bonchev–Trinajstić information content (AvgIpc) is 3.28. The van der Waals surface area contributed by atoms with E-state index in [2.05, 4.69) is 11.4 Å². The van der Waals surface area contributed by atoms with Gasteiger partial charge in [0.2, 0.25) is 0 Å². The van der Waals surface area contributed by atoms with Gasteiger partial charge in [0, 0.05) is 19.7 Å². The van der Waals surface area contributed by atoms with Gasteiger partial charge in [-0.3, -0.25) is 0 Å². The first-order valence-electron chi connectivity index (χ1n) is 7.81. The number of benzene rings is 1. The highest BCUT2D eigenvalue weighted by atomic mass is 16.5. The van der Waals surface area contributed by atoms with Gasteiger partial charge in [0.15, 0.2) is 0 Å². The molecule has 21 heavy (non-hydrogen) atoms. The van der Waals surface area contributed by atoms with Crippen molar-refractivity contribution in [1.82, 2.24) is 5.32 Å². The van der Waals surface area contributed by atoms with Crippen molar-refractivity contribution in [3.8, 4) is 5.75 Å². The van der Waals surface area contributed by atoms with Crippen LogP contribution in [0.2, 0.25) is 0 Å². The van der Waals surface area contributed by atoms with Gasteiger partial charge in [-0.15, -0.1) is 0 Å². The second-order valence-electron chi connectivity index (χ2n) is 5.96. The summed E-state index contributed by atoms with van der Waals surface area (Å²) >= 11 is 0. The first-order valence-corrected chi connectivity index (χ1v) is 7.81. The molecule has 1 fully saturated rings. The summed E-state index contributed by atoms with van der Waals surface area (Å²) in [4.78, 5) is 0. The van der Waals surface area contributed by atoms with E-state index in [1.807, 2.05) is 26.0 Å². The van der Waals surface area contributed by atoms with Gasteiger partial charge in [-0.25, -0.2) is 0 Å². The van der Waals surface area contributed by atoms with Gasteiger partial charge >= 0.3 is 0 Å². The molecular weight excluding hydrogens is 266 g/mol. The van der Waals surface area contributed by atoms with E-state index in [1.165, 1.54) is 12.8 Å². The third kappa shape index (κ3) is 6.46. The van der Waals surface area contributed by atoms with E-state index in [0.29, 0.717) is 19.8 Å². The zero-order chi connectivity index (χ0) is 15.1. The second-order valence-corrected chi connectivity index (χ2v) is 5.96. The number of hydrogen-bond donors (Lipinski definition) is 2. The topological polar surface area (TPSA) is 50.7 Å². The normalized spacial score (nSPS) is 16.0. The molecule has 0 saturated heterocycles. The Morgan fingerprint density at radius 2 is 2.14 bits per heavy atom. The Morgan fingerprint density at radius 1 is 1.33 bits per heavy atom. The van der Waals surface area contributed by atoms with Crippen molar-refractivity contribution in [3.05, 3.63) is 29.3 Å². The van der Waals surface area contributed by atoms with Crippen LogP contribution < -0.4 is 10.1 Å². The Labute approximate surface area is 127 Å². The fourth-order valence-corrected chi connectivity index (χ4v) is 2.06. The summed E-state index contributed by atoms with van der Waals surface area (Å²) in [6.45, 7) is 7.24. The highest BCUT2D eigenvalue weighted by Crippen LogP contribution is 2.28. The fourth-order valence-electron chi connectivity index (χ4n) is 2.06. The summed E-state index contributed by atoms with van der Waals surface area (Å²) in [6.07, 6.45) is 2.14. The molecule has 1 aliphatic rings. The lowest BCUT2D eigenvalue weighted by Gasteiger charge is -2.15. The van der Waals surface area contributed by atoms with Crippen molar-refractivity contribution >= 4 is 0 Å². The molecular formula is C17H27NO3. The largest absolute Gasteiger partial charge is 0.491 e. The third-order valence-electron chi connectivity index (χ3n) is 3.63. The first-order chi connectivity index (χ1) is 10.1. The molecule has 1 aromatic carbocycles. The summed E-state index contributed by atoms with van der Waals surface area (Å²) in [5, 5.41) is 13.1. The number of aliphatic hydroxyl groups excluding tert-OH is 1. The summed E-state index contributed by atoms with van der Waals surface area (Å²) in [7, 11) is 0. The molecule has 4 nitrogen and oxygen atoms in total. The van der Waals surface area contributed by atoms with Crippen LogP contribution in [0.25, 0.3) is 0 Å². The Kier molecular flexibility index (Phi) is 6.49. The molecule has 1 aliphatic carbocycles. The SMILES string of the molecule is Cc1ccc(C)c(OCC(O)CNCCOCC2CC2)c1. The van der Waals surface area contributed by atoms with Crippen LogP contribution in [0.3, 0.4) is 0 Å². The van der Waals surface area contributed by atoms with E-state index < -0.39 is 6.10 Å². The highest BCUT2D eigenvalue weighted by Gasteiger charge is 2.20. The minimum absolute atomic E-state index is 0.306. The Morgan fingerprint density at radius 3 is 2.90 bits per heavy atom. The second kappa shape index (κ2) is 8.37. The molecule has 0 bridgehead atoms. The monoisotopic (exact) mass is 293 g/mol. The Bertz CT molecular complexity index is 432. The number of aryl methyl sites for hydroxylation is 2. The van der Waals surface area contributed by atoms with E-state index >= 15 is 0 Å². The van der Waals surface area contributed by atoms with Crippen LogP contribution in [0.4, 0.5) is 0 Å². The predicted octanol–water partition coefficient (Wildman–Crippen LogP) is 2.06. The Hall–Kier alpha value is -1.10. The molecule has 1 saturated carbocycles. The van der Waals surface area contributed by atoms with Crippen molar-refractivity contribution in [2.75, 3.05) is 32.9 Å². The van der Waals surface area contributed by atoms with E-state index in [9.17, 15) is 5.11 Å². The molecule has 0 spiro atoms. The van der Waals surface area contributed by atoms with Gasteiger partial charge in [0.1, 0.15) is 18.5 Å². The van der Waals surface area contributed by atoms with E-state index in [0.717, 1.165) is 35.9 Å². The van der Waals surface area contributed by atoms with Crippen LogP contribution >= 0.6 is 0 Å². The number of ether oxygens (including phenoxy) is 2. The van der Waals surface area contributed by atoms with Crippen LogP contribution in [0.1, 0.15) is 24.0 Å². The van der Waals surface area contributed by atoms with Gasteiger partial charge in [0.05, 0.1) is 6.61 Å². The number of aliphatic hydroxyl groups is 1. The molecule has 2 N–H and O–H groups in total. The van der Waals surface area contributed by atoms with Crippen LogP contribution in [-0.2, 0) is 4.74 Å². The lowest BCUT2D eigenvalue weighted by atomic mass is 10.1. The van der Waals surface area contributed by atoms with Gasteiger partial charge in [-0.05, 0) is 49.8 Å². The maximum Gasteiger partial charge on any atom is 0.122 e. The lowest BCUT2D eigenvalue weighted by Crippen LogP contribution is -2.33. The zero-order valence-electron chi connectivity index (χ0n) is 13.1. The van der Waals surface area contributed by atoms with Crippen molar-refractivity contribution in [1.29, 1.82) is 0 Å². The molecule has 0 aliphatic heterocycles. The number of nitrogens with one attached hydrogen (secondary N) is 1. The lowest BCUT2D eigenvalue weighted by molar-refractivity contribution is 0.0965. The highest BCUT2D eigenvalue weighted by molar-refractivity contribution is 5.35. The predicted molar refractivity (Wildman–Crippen MR) is 83.8 cm³/mol. The summed E-state index contributed by atoms with van der Waals surface area (Å²) in [6, 6.07) is 6.09. The van der Waals surface area contributed by atoms with Gasteiger partial charge in [-0.1, -0.05) is 12.1 Å². The number of hydrogen-bond acceptors (Lipinski definition) is 4. The Balaban J connectivity index is 1.54. The minimum atomic E-state index is -0.506. The van der Waals surface area contributed by atoms with Crippen molar-refractivity contribution in [2.24, 2.45) is 5.92 Å². The van der Waals surface area contributed by atoms with Crippen LogP contribution in [0.5, 0.6) is 5.75 Å². The van der Waals surface area contributed by atoms with Crippen LogP contribution in [-0.4, -0.2) is 44.1 Å². The maximum absolute atomic E-state index is 9.90. The summed E-state index contributed by atoms with van der Waals surface area (Å²) in [5.74, 6) is 1.66. The van der Waals surface area contributed by atoms with Crippen LogP contribution in [0.15, 0.2) is 18.2 Å². The average molecular weight is 293 g/mol. The maximum atomic E-state index is 9.90. The van der Waals surface area contributed by atoms with Gasteiger partial charge in [-0.2, -0.15) is 0 Å². The molecule has 118 valence electrons. The van der Waals surface area contributed by atoms with Crippen LogP contribution in [0, 0.1) is 19.8 Å². The van der Waals surface area contributed by atoms with E-state index in [1.54, 1.807) is 0 Å². The quantitative estimate of drug-likeness (QED) is 0.648. The molecule has 1 aromatic rings. The number of rotatable bonds is 10. The minimum Gasteiger partial charge on any atom is -0.491 e. The van der Waals surface area contributed by atoms with Gasteiger partial charge < -0.3 is 19.9 Å². The third-order valence-corrected chi connectivity index (χ3v) is 3.63. The zero-order valence-corrected chi connectivity index (χ0v) is 13.1. The van der Waals surface area contributed by atoms with Crippen molar-refractivity contribution in [3.63, 3.8) is 0 Å². The molecule has 4 heteroatoms. The molecule has 2 rings (SSSR count). The van der Waals surface area contributed by atoms with Crippen molar-refractivity contribution < 1.29 is 14.6 Å². The molecule has 1 unspecified atom stereocenters. The van der Waals surface area contributed by atoms with E-state index in [-0.39, 0.29) is 0 Å². The molecule has 0 amide bonds. The van der Waals surface area contributed by atoms with Crippen molar-refractivity contribution in [2.45, 2.75) is 32.8 Å². The molecule has 0 heterocycles. The summed E-state index contributed by atoms with van der Waals surface area (Å²) < 4.78 is 11.2. The molecule has 0 aromatic heterocycles. The van der Waals surface area contributed by atoms with Gasteiger partial charge in [0.25, 0.3) is 0 Å². The molecule has 1 atom stereocenters. The van der Waals surface area contributed by atoms with E-state index in [4.69, 9.17) is 9.47 Å². The summed E-state index contributed by atoms with van der Waals surface area (Å²) in [5.41, 5.74) is 2.25. The first kappa shape index (κ1) is 16.3. The smallest absolute Gasteiger partial charge is 0.122 e.